The van der Waals surface area contributed by atoms with E-state index in [-0.39, 0.29) is 13.7 Å². The van der Waals surface area contributed by atoms with E-state index in [1.807, 2.05) is 0 Å². The Kier molecular flexibility index (Phi) is 11.5. The zero-order valence-corrected chi connectivity index (χ0v) is 48.2. The molecule has 0 bridgehead atoms. The van der Waals surface area contributed by atoms with Crippen molar-refractivity contribution in [2.45, 2.75) is 0 Å². The highest BCUT2D eigenvalue weighted by Gasteiger charge is 2.45. The maximum absolute atomic E-state index is 2.64. The van der Waals surface area contributed by atoms with Crippen LogP contribution in [0.5, 0.6) is 0 Å². The largest absolute Gasteiger partial charge is 0.376 e. The Morgan fingerprint density at radius 3 is 0.761 bits per heavy atom. The second-order valence-electron chi connectivity index (χ2n) is 23.9. The molecule has 88 heavy (non-hydrogen) atoms. The maximum atomic E-state index is 2.64. The van der Waals surface area contributed by atoms with Gasteiger partial charge in [-0.2, -0.15) is 0 Å². The molecule has 18 rings (SSSR count). The van der Waals surface area contributed by atoms with Gasteiger partial charge in [-0.05, 0) is 158 Å². The highest BCUT2D eigenvalue weighted by Crippen LogP contribution is 2.51. The number of rotatable bonds is 7. The van der Waals surface area contributed by atoms with E-state index in [2.05, 4.69) is 337 Å². The Hall–Kier alpha value is -11.2. The quantitative estimate of drug-likeness (QED) is 0.147. The van der Waals surface area contributed by atoms with Crippen molar-refractivity contribution in [3.63, 3.8) is 0 Å². The van der Waals surface area contributed by atoms with Crippen LogP contribution in [0, 0.1) is 0 Å². The summed E-state index contributed by atoms with van der Waals surface area (Å²) < 4.78 is 0. The van der Waals surface area contributed by atoms with Crippen molar-refractivity contribution in [2.24, 2.45) is 0 Å². The zero-order chi connectivity index (χ0) is 57.8. The number of benzene rings is 14. The molecule has 14 aromatic carbocycles. The molecule has 0 spiro atoms. The normalized spacial score (nSPS) is 12.7. The van der Waals surface area contributed by atoms with Gasteiger partial charge in [0, 0.05) is 45.0 Å². The Labute approximate surface area is 514 Å². The Morgan fingerprint density at radius 2 is 0.386 bits per heavy atom. The van der Waals surface area contributed by atoms with Crippen LogP contribution >= 0.6 is 0 Å². The average Bonchev–Trinajstić information content (AvgIpc) is 0.743. The van der Waals surface area contributed by atoms with Crippen LogP contribution < -0.4 is 31.5 Å². The lowest BCUT2D eigenvalue weighted by Gasteiger charge is -2.44. The monoisotopic (exact) mass is 1110 g/mol. The van der Waals surface area contributed by atoms with Crippen LogP contribution in [0.15, 0.2) is 328 Å². The van der Waals surface area contributed by atoms with Crippen LogP contribution in [0.2, 0.25) is 0 Å². The number of nitrogens with zero attached hydrogens (tertiary/aromatic N) is 2. The third kappa shape index (κ3) is 8.06. The van der Waals surface area contributed by atoms with Gasteiger partial charge >= 0.3 is 13.7 Å². The summed E-state index contributed by atoms with van der Waals surface area (Å²) in [5, 5.41) is 0. The Balaban J connectivity index is 0.776. The first kappa shape index (κ1) is 50.2. The minimum absolute atomic E-state index is 0.0597. The molecule has 0 radical (unpaired) electrons. The van der Waals surface area contributed by atoms with Crippen molar-refractivity contribution in [3.05, 3.63) is 328 Å². The van der Waals surface area contributed by atoms with E-state index in [0.717, 1.165) is 0 Å². The number of para-hydroxylation sites is 1. The van der Waals surface area contributed by atoms with E-state index in [1.165, 1.54) is 167 Å². The lowest BCUT2D eigenvalue weighted by Crippen LogP contribution is -2.59. The van der Waals surface area contributed by atoms with Crippen LogP contribution in [0.4, 0.5) is 22.7 Å². The van der Waals surface area contributed by atoms with Crippen molar-refractivity contribution in [2.75, 3.05) is 9.62 Å². The molecule has 0 aromatic heterocycles. The summed E-state index contributed by atoms with van der Waals surface area (Å²) >= 11 is 0. The van der Waals surface area contributed by atoms with Gasteiger partial charge in [0.1, 0.15) is 0 Å². The van der Waals surface area contributed by atoms with Gasteiger partial charge in [0.05, 0.1) is 0 Å². The van der Waals surface area contributed by atoms with Crippen molar-refractivity contribution >= 4 is 58.3 Å². The van der Waals surface area contributed by atoms with Crippen LogP contribution in [0.3, 0.4) is 0 Å². The standard InChI is InChI=1S/C84H54B2N2/c1-6-18-55(19-7-1)62-39-46-82-75(48-62)71-43-36-66(59-26-14-5-15-27-59)52-79(71)85-80-53-67(37-44-72(80)76-49-63(40-47-83(76)87(82)85)56-20-8-2-9-21-56)60-30-32-61(33-31-60)68-38-45-74-70-42-35-65(58-24-12-4-13-25-58)51-78(70)86-77-50-64(57-22-10-3-11-23-57)34-41-69(77)73-28-16-17-29-81(73)88(86)84(74)54-68/h1-54H. The molecule has 0 N–H and O–H groups in total. The molecule has 406 valence electrons. The fourth-order valence-electron chi connectivity index (χ4n) is 14.9. The number of fused-ring (bicyclic) bond motifs is 22. The van der Waals surface area contributed by atoms with Crippen LogP contribution in [-0.4, -0.2) is 13.7 Å². The first-order chi connectivity index (χ1) is 43.6. The summed E-state index contributed by atoms with van der Waals surface area (Å²) in [4.78, 5) is 5.28. The van der Waals surface area contributed by atoms with Gasteiger partial charge in [-0.15, -0.1) is 0 Å². The smallest absolute Gasteiger partial charge is 0.329 e. The van der Waals surface area contributed by atoms with Crippen molar-refractivity contribution in [1.29, 1.82) is 0 Å². The lowest BCUT2D eigenvalue weighted by molar-refractivity contribution is 1.35. The van der Waals surface area contributed by atoms with Gasteiger partial charge in [-0.3, -0.25) is 0 Å². The second kappa shape index (κ2) is 20.2. The second-order valence-corrected chi connectivity index (χ2v) is 23.9. The van der Waals surface area contributed by atoms with E-state index < -0.39 is 0 Å². The molecule has 4 heterocycles. The first-order valence-electron chi connectivity index (χ1n) is 30.7. The molecular weight excluding hydrogens is 1060 g/mol. The molecule has 14 aromatic rings. The predicted octanol–water partition coefficient (Wildman–Crippen LogP) is 19.2. The summed E-state index contributed by atoms with van der Waals surface area (Å²) in [6.45, 7) is -0.153. The SMILES string of the molecule is c1ccc(-c2ccc3c(c2)B2c4cc(-c5ccc(-c6ccc7c(c6)N6B(c8cc(-c9ccccc9)ccc8-c8ccccc86)c6cc(-c8ccccc8)ccc6-7)cc5)ccc4-c4cc(-c5ccccc5)ccc4N2c2ccc(-c4ccccc4)cc2-3)cc1. The average molecular weight is 1110 g/mol. The first-order valence-corrected chi connectivity index (χ1v) is 30.7. The minimum Gasteiger partial charge on any atom is -0.376 e. The summed E-state index contributed by atoms with van der Waals surface area (Å²) in [5.41, 5.74) is 37.0. The predicted molar refractivity (Wildman–Crippen MR) is 373 cm³/mol. The van der Waals surface area contributed by atoms with E-state index in [1.54, 1.807) is 0 Å². The van der Waals surface area contributed by atoms with E-state index in [4.69, 9.17) is 0 Å². The molecule has 0 saturated heterocycles. The Morgan fingerprint density at radius 1 is 0.148 bits per heavy atom. The summed E-state index contributed by atoms with van der Waals surface area (Å²) in [7, 11) is 0. The van der Waals surface area contributed by atoms with Gasteiger partial charge in [-0.1, -0.05) is 291 Å². The molecule has 0 atom stereocenters. The van der Waals surface area contributed by atoms with Crippen LogP contribution in [-0.2, 0) is 0 Å². The van der Waals surface area contributed by atoms with Gasteiger partial charge in [0.15, 0.2) is 0 Å². The molecule has 0 saturated carbocycles. The topological polar surface area (TPSA) is 6.48 Å². The summed E-state index contributed by atoms with van der Waals surface area (Å²) in [6, 6.07) is 123. The molecule has 0 aliphatic carbocycles. The van der Waals surface area contributed by atoms with Gasteiger partial charge < -0.3 is 9.62 Å². The highest BCUT2D eigenvalue weighted by atomic mass is 15.1. The molecule has 0 amide bonds. The minimum atomic E-state index is -0.0933. The van der Waals surface area contributed by atoms with E-state index >= 15 is 0 Å². The molecule has 0 fully saturated rings. The van der Waals surface area contributed by atoms with Gasteiger partial charge in [-0.25, -0.2) is 0 Å². The zero-order valence-electron chi connectivity index (χ0n) is 48.2. The van der Waals surface area contributed by atoms with Crippen molar-refractivity contribution in [3.8, 4) is 122 Å². The number of anilines is 4. The number of hydrogen-bond acceptors (Lipinski definition) is 2. The summed E-state index contributed by atoms with van der Waals surface area (Å²) in [6.07, 6.45) is 0. The van der Waals surface area contributed by atoms with Gasteiger partial charge in [0.25, 0.3) is 0 Å². The molecule has 4 heteroatoms. The fourth-order valence-corrected chi connectivity index (χ4v) is 14.9. The van der Waals surface area contributed by atoms with E-state index in [0.29, 0.717) is 0 Å². The number of hydrogen-bond donors (Lipinski definition) is 0. The highest BCUT2D eigenvalue weighted by molar-refractivity contribution is 6.93. The van der Waals surface area contributed by atoms with Crippen molar-refractivity contribution in [1.82, 2.24) is 0 Å². The molecule has 0 unspecified atom stereocenters. The molecule has 4 aliphatic rings. The molecular formula is C84H54B2N2. The van der Waals surface area contributed by atoms with Crippen LogP contribution in [0.1, 0.15) is 0 Å². The van der Waals surface area contributed by atoms with E-state index in [9.17, 15) is 0 Å². The van der Waals surface area contributed by atoms with Gasteiger partial charge in [0.2, 0.25) is 0 Å². The third-order valence-corrected chi connectivity index (χ3v) is 19.1. The third-order valence-electron chi connectivity index (χ3n) is 19.1. The molecule has 4 aliphatic heterocycles. The fraction of sp³-hybridized carbons (Fsp3) is 0. The Bertz CT molecular complexity index is 5080. The van der Waals surface area contributed by atoms with Crippen molar-refractivity contribution < 1.29 is 0 Å². The lowest BCUT2D eigenvalue weighted by atomic mass is 9.43. The maximum Gasteiger partial charge on any atom is 0.329 e. The molecule has 2 nitrogen and oxygen atoms in total. The van der Waals surface area contributed by atoms with Crippen LogP contribution in [0.25, 0.3) is 122 Å². The summed E-state index contributed by atoms with van der Waals surface area (Å²) in [5.74, 6) is 0.